The number of nitrogens with zero attached hydrogens (tertiary/aromatic N) is 1. The third-order valence-electron chi connectivity index (χ3n) is 5.96. The number of aryl methyl sites for hydroxylation is 2. The summed E-state index contributed by atoms with van der Waals surface area (Å²) in [5.41, 5.74) is 5.15. The Morgan fingerprint density at radius 2 is 1.00 bits per heavy atom. The molecule has 1 aromatic heterocycles. The van der Waals surface area contributed by atoms with Gasteiger partial charge < -0.3 is 0 Å². The average molecular weight is 394 g/mol. The van der Waals surface area contributed by atoms with Crippen LogP contribution in [0.5, 0.6) is 0 Å². The van der Waals surface area contributed by atoms with Gasteiger partial charge in [0.05, 0.1) is 5.69 Å². The lowest BCUT2D eigenvalue weighted by molar-refractivity contribution is 0.556. The van der Waals surface area contributed by atoms with Gasteiger partial charge in [-0.05, 0) is 42.9 Å². The molecule has 0 fully saturated rings. The molecule has 1 aromatic carbocycles. The Kier molecular flexibility index (Phi) is 12.4. The molecule has 160 valence electrons. The van der Waals surface area contributed by atoms with E-state index in [-0.39, 0.29) is 0 Å². The van der Waals surface area contributed by atoms with Crippen molar-refractivity contribution in [2.75, 3.05) is 0 Å². The van der Waals surface area contributed by atoms with Gasteiger partial charge in [-0.1, -0.05) is 115 Å². The second kappa shape index (κ2) is 15.2. The molecule has 0 saturated carbocycles. The molecule has 0 aliphatic heterocycles. The molecule has 0 unspecified atom stereocenters. The molecule has 0 saturated heterocycles. The van der Waals surface area contributed by atoms with Gasteiger partial charge in [-0.2, -0.15) is 0 Å². The molecule has 1 heterocycles. The molecule has 0 aliphatic carbocycles. The number of aromatic nitrogens is 1. The predicted molar refractivity (Wildman–Crippen MR) is 128 cm³/mol. The van der Waals surface area contributed by atoms with Crippen molar-refractivity contribution in [3.05, 3.63) is 53.7 Å². The number of unbranched alkanes of at least 4 members (excludes halogenated alkanes) is 11. The van der Waals surface area contributed by atoms with E-state index < -0.39 is 0 Å². The summed E-state index contributed by atoms with van der Waals surface area (Å²) in [4.78, 5) is 4.68. The number of pyridine rings is 1. The van der Waals surface area contributed by atoms with Crippen LogP contribution < -0.4 is 0 Å². The van der Waals surface area contributed by atoms with E-state index in [9.17, 15) is 0 Å². The number of benzene rings is 1. The largest absolute Gasteiger partial charge is 0.256 e. The molecule has 0 atom stereocenters. The van der Waals surface area contributed by atoms with Crippen molar-refractivity contribution in [3.63, 3.8) is 0 Å². The van der Waals surface area contributed by atoms with Gasteiger partial charge in [-0.15, -0.1) is 0 Å². The van der Waals surface area contributed by atoms with E-state index in [1.807, 2.05) is 0 Å². The minimum Gasteiger partial charge on any atom is -0.256 e. The zero-order chi connectivity index (χ0) is 20.6. The molecule has 0 radical (unpaired) electrons. The van der Waals surface area contributed by atoms with Crippen LogP contribution in [0.1, 0.15) is 108 Å². The molecular weight excluding hydrogens is 350 g/mol. The minimum absolute atomic E-state index is 1.09. The number of hydrogen-bond acceptors (Lipinski definition) is 1. The van der Waals surface area contributed by atoms with Crippen molar-refractivity contribution in [2.45, 2.75) is 110 Å². The van der Waals surface area contributed by atoms with Gasteiger partial charge >= 0.3 is 0 Å². The molecule has 1 heteroatoms. The van der Waals surface area contributed by atoms with Crippen molar-refractivity contribution in [1.82, 2.24) is 4.98 Å². The van der Waals surface area contributed by atoms with Crippen LogP contribution in [-0.2, 0) is 12.8 Å². The van der Waals surface area contributed by atoms with Gasteiger partial charge in [0, 0.05) is 11.8 Å². The van der Waals surface area contributed by atoms with Crippen molar-refractivity contribution in [3.8, 4) is 11.3 Å². The Hall–Kier alpha value is -1.63. The Morgan fingerprint density at radius 3 is 1.59 bits per heavy atom. The van der Waals surface area contributed by atoms with Crippen LogP contribution in [0.3, 0.4) is 0 Å². The fourth-order valence-electron chi connectivity index (χ4n) is 3.98. The topological polar surface area (TPSA) is 12.9 Å². The summed E-state index contributed by atoms with van der Waals surface area (Å²) < 4.78 is 0. The van der Waals surface area contributed by atoms with Crippen LogP contribution in [0.4, 0.5) is 0 Å². The summed E-state index contributed by atoms with van der Waals surface area (Å²) >= 11 is 0. The molecule has 0 aliphatic rings. The number of hydrogen-bond donors (Lipinski definition) is 0. The molecule has 0 N–H and O–H groups in total. The molecule has 2 rings (SSSR count). The Morgan fingerprint density at radius 1 is 0.517 bits per heavy atom. The smallest absolute Gasteiger partial charge is 0.0702 e. The third-order valence-corrected chi connectivity index (χ3v) is 5.96. The normalized spacial score (nSPS) is 11.1. The molecule has 2 aromatic rings. The Balaban J connectivity index is 1.62. The summed E-state index contributed by atoms with van der Waals surface area (Å²) in [5.74, 6) is 0. The quantitative estimate of drug-likeness (QED) is 0.259. The van der Waals surface area contributed by atoms with E-state index in [1.165, 1.54) is 107 Å². The average Bonchev–Trinajstić information content (AvgIpc) is 2.76. The fourth-order valence-corrected chi connectivity index (χ4v) is 3.98. The van der Waals surface area contributed by atoms with Gasteiger partial charge in [0.2, 0.25) is 0 Å². The van der Waals surface area contributed by atoms with E-state index in [0.29, 0.717) is 0 Å². The van der Waals surface area contributed by atoms with Gasteiger partial charge in [0.1, 0.15) is 0 Å². The molecular formula is C28H43N. The van der Waals surface area contributed by atoms with Gasteiger partial charge in [0.15, 0.2) is 0 Å². The van der Waals surface area contributed by atoms with E-state index in [1.54, 1.807) is 0 Å². The first-order valence-electron chi connectivity index (χ1n) is 12.4. The lowest BCUT2D eigenvalue weighted by Crippen LogP contribution is -1.90. The summed E-state index contributed by atoms with van der Waals surface area (Å²) in [6.45, 7) is 4.54. The first-order chi connectivity index (χ1) is 14.3. The fraction of sp³-hybridized carbons (Fsp3) is 0.607. The second-order valence-corrected chi connectivity index (χ2v) is 8.64. The molecule has 0 bridgehead atoms. The van der Waals surface area contributed by atoms with E-state index in [2.05, 4.69) is 61.4 Å². The lowest BCUT2D eigenvalue weighted by Gasteiger charge is -2.06. The summed E-state index contributed by atoms with van der Waals surface area (Å²) in [5, 5.41) is 0. The van der Waals surface area contributed by atoms with Gasteiger partial charge in [-0.25, -0.2) is 0 Å². The maximum absolute atomic E-state index is 4.68. The zero-order valence-electron chi connectivity index (χ0n) is 19.1. The predicted octanol–water partition coefficient (Wildman–Crippen LogP) is 8.94. The van der Waals surface area contributed by atoms with E-state index in [0.717, 1.165) is 12.1 Å². The van der Waals surface area contributed by atoms with Gasteiger partial charge in [0.25, 0.3) is 0 Å². The van der Waals surface area contributed by atoms with Crippen LogP contribution in [0.25, 0.3) is 11.3 Å². The van der Waals surface area contributed by atoms with E-state index in [4.69, 9.17) is 0 Å². The first-order valence-corrected chi connectivity index (χ1v) is 12.4. The maximum Gasteiger partial charge on any atom is 0.0702 e. The molecule has 0 spiro atoms. The Bertz CT molecular complexity index is 626. The van der Waals surface area contributed by atoms with Crippen molar-refractivity contribution < 1.29 is 0 Å². The highest BCUT2D eigenvalue weighted by molar-refractivity contribution is 5.59. The van der Waals surface area contributed by atoms with Crippen LogP contribution in [0.15, 0.2) is 42.6 Å². The van der Waals surface area contributed by atoms with Crippen LogP contribution in [0, 0.1) is 0 Å². The SMILES string of the molecule is CCCCCCCCCCCCc1ccc(-c2ccc(CCCCC)cn2)cc1. The highest BCUT2D eigenvalue weighted by Gasteiger charge is 2.01. The van der Waals surface area contributed by atoms with E-state index >= 15 is 0 Å². The first kappa shape index (κ1) is 23.6. The van der Waals surface area contributed by atoms with Crippen LogP contribution in [-0.4, -0.2) is 4.98 Å². The lowest BCUT2D eigenvalue weighted by atomic mass is 10.0. The third kappa shape index (κ3) is 10.1. The Labute approximate surface area is 180 Å². The molecule has 1 nitrogen and oxygen atoms in total. The molecule has 29 heavy (non-hydrogen) atoms. The summed E-state index contributed by atoms with van der Waals surface area (Å²) in [6.07, 6.45) is 22.3. The van der Waals surface area contributed by atoms with Crippen molar-refractivity contribution in [1.29, 1.82) is 0 Å². The van der Waals surface area contributed by atoms with Crippen LogP contribution >= 0.6 is 0 Å². The standard InChI is InChI=1S/C28H43N/c1-3-5-7-8-9-10-11-12-13-15-16-25-18-21-27(22-19-25)28-23-20-26(24-29-28)17-14-6-4-2/h18-24H,3-17H2,1-2H3. The highest BCUT2D eigenvalue weighted by atomic mass is 14.7. The zero-order valence-corrected chi connectivity index (χ0v) is 19.1. The van der Waals surface area contributed by atoms with Crippen LogP contribution in [0.2, 0.25) is 0 Å². The summed E-state index contributed by atoms with van der Waals surface area (Å²) in [7, 11) is 0. The monoisotopic (exact) mass is 393 g/mol. The van der Waals surface area contributed by atoms with Gasteiger partial charge in [-0.3, -0.25) is 4.98 Å². The molecule has 0 amide bonds. The number of rotatable bonds is 16. The minimum atomic E-state index is 1.09. The highest BCUT2D eigenvalue weighted by Crippen LogP contribution is 2.20. The van der Waals surface area contributed by atoms with Crippen molar-refractivity contribution in [2.24, 2.45) is 0 Å². The second-order valence-electron chi connectivity index (χ2n) is 8.64. The summed E-state index contributed by atoms with van der Waals surface area (Å²) in [6, 6.07) is 13.5. The van der Waals surface area contributed by atoms with Crippen molar-refractivity contribution >= 4 is 0 Å². The maximum atomic E-state index is 4.68.